The molecule has 1 unspecified atom stereocenters. The van der Waals surface area contributed by atoms with Gasteiger partial charge in [0.2, 0.25) is 0 Å². The fourth-order valence-electron chi connectivity index (χ4n) is 0.923. The summed E-state index contributed by atoms with van der Waals surface area (Å²) in [5.74, 6) is 1.21. The lowest BCUT2D eigenvalue weighted by Gasteiger charge is -2.06. The van der Waals surface area contributed by atoms with Gasteiger partial charge in [0.05, 0.1) is 0 Å². The third kappa shape index (κ3) is 1.84. The number of aromatic nitrogens is 2. The number of H-pyrrole nitrogens is 1. The van der Waals surface area contributed by atoms with Crippen molar-refractivity contribution in [2.45, 2.75) is 26.2 Å². The third-order valence-electron chi connectivity index (χ3n) is 1.86. The maximum Gasteiger partial charge on any atom is 0.252 e. The predicted molar refractivity (Wildman–Crippen MR) is 48.0 cm³/mol. The van der Waals surface area contributed by atoms with Gasteiger partial charge in [0.25, 0.3) is 5.56 Å². The van der Waals surface area contributed by atoms with Crippen molar-refractivity contribution in [3.63, 3.8) is 0 Å². The van der Waals surface area contributed by atoms with Crippen molar-refractivity contribution in [3.8, 4) is 0 Å². The molecule has 0 aliphatic carbocycles. The molecule has 4 nitrogen and oxygen atoms in total. The normalized spacial score (nSPS) is 12.8. The number of hydrogen-bond acceptors (Lipinski definition) is 3. The Morgan fingerprint density at radius 3 is 2.92 bits per heavy atom. The van der Waals surface area contributed by atoms with Crippen LogP contribution in [0, 0.1) is 0 Å². The predicted octanol–water partition coefficient (Wildman–Crippen LogP) is 0.866. The Hall–Kier alpha value is -1.32. The number of aromatic amines is 1. The largest absolute Gasteiger partial charge is 0.383 e. The summed E-state index contributed by atoms with van der Waals surface area (Å²) in [6.45, 7) is 4.03. The molecule has 0 spiro atoms. The summed E-state index contributed by atoms with van der Waals surface area (Å²) in [5.41, 5.74) is 5.24. The minimum absolute atomic E-state index is 0.183. The summed E-state index contributed by atoms with van der Waals surface area (Å²) in [6, 6.07) is 1.28. The quantitative estimate of drug-likeness (QED) is 0.686. The van der Waals surface area contributed by atoms with Crippen LogP contribution in [-0.4, -0.2) is 9.97 Å². The second kappa shape index (κ2) is 3.38. The van der Waals surface area contributed by atoms with E-state index in [9.17, 15) is 4.79 Å². The molecule has 0 radical (unpaired) electrons. The third-order valence-corrected chi connectivity index (χ3v) is 1.86. The lowest BCUT2D eigenvalue weighted by atomic mass is 10.1. The van der Waals surface area contributed by atoms with Gasteiger partial charge in [-0.05, 0) is 6.42 Å². The number of nitrogens with two attached hydrogens (primary N) is 1. The standard InChI is InChI=1S/C8H13N3O/c1-3-5(2)8-10-6(9)4-7(12)11-8/h4-5H,3H2,1-2H3,(H3,9,10,11,12). The molecule has 1 aromatic heterocycles. The average Bonchev–Trinajstić information content (AvgIpc) is 2.01. The van der Waals surface area contributed by atoms with E-state index in [1.54, 1.807) is 0 Å². The Balaban J connectivity index is 3.08. The van der Waals surface area contributed by atoms with Crippen molar-refractivity contribution in [3.05, 3.63) is 22.2 Å². The van der Waals surface area contributed by atoms with Crippen LogP contribution in [0.2, 0.25) is 0 Å². The highest BCUT2D eigenvalue weighted by atomic mass is 16.1. The number of anilines is 1. The summed E-state index contributed by atoms with van der Waals surface area (Å²) < 4.78 is 0. The van der Waals surface area contributed by atoms with Crippen molar-refractivity contribution >= 4 is 5.82 Å². The van der Waals surface area contributed by atoms with Crippen molar-refractivity contribution in [1.82, 2.24) is 9.97 Å². The summed E-state index contributed by atoms with van der Waals surface area (Å²) >= 11 is 0. The Labute approximate surface area is 70.8 Å². The minimum Gasteiger partial charge on any atom is -0.383 e. The van der Waals surface area contributed by atoms with Gasteiger partial charge in [-0.1, -0.05) is 13.8 Å². The molecule has 0 saturated carbocycles. The van der Waals surface area contributed by atoms with Gasteiger partial charge in [-0.25, -0.2) is 4.98 Å². The van der Waals surface area contributed by atoms with E-state index >= 15 is 0 Å². The molecule has 0 aliphatic rings. The molecule has 4 heteroatoms. The van der Waals surface area contributed by atoms with Crippen LogP contribution in [0.3, 0.4) is 0 Å². The molecule has 3 N–H and O–H groups in total. The van der Waals surface area contributed by atoms with E-state index in [1.807, 2.05) is 13.8 Å². The molecular formula is C8H13N3O. The first-order valence-electron chi connectivity index (χ1n) is 4.00. The van der Waals surface area contributed by atoms with E-state index in [0.717, 1.165) is 6.42 Å². The molecule has 0 aromatic carbocycles. The monoisotopic (exact) mass is 167 g/mol. The molecule has 1 aromatic rings. The number of rotatable bonds is 2. The molecule has 12 heavy (non-hydrogen) atoms. The Morgan fingerprint density at radius 1 is 1.75 bits per heavy atom. The van der Waals surface area contributed by atoms with Crippen LogP contribution in [0.5, 0.6) is 0 Å². The van der Waals surface area contributed by atoms with E-state index in [4.69, 9.17) is 5.73 Å². The van der Waals surface area contributed by atoms with Crippen LogP contribution in [0.15, 0.2) is 10.9 Å². The second-order valence-electron chi connectivity index (χ2n) is 2.86. The molecular weight excluding hydrogens is 154 g/mol. The molecule has 0 amide bonds. The lowest BCUT2D eigenvalue weighted by Crippen LogP contribution is -2.13. The number of nitrogen functional groups attached to an aromatic ring is 1. The Morgan fingerprint density at radius 2 is 2.42 bits per heavy atom. The summed E-state index contributed by atoms with van der Waals surface area (Å²) in [7, 11) is 0. The van der Waals surface area contributed by atoms with Crippen molar-refractivity contribution < 1.29 is 0 Å². The smallest absolute Gasteiger partial charge is 0.252 e. The van der Waals surface area contributed by atoms with E-state index in [0.29, 0.717) is 5.82 Å². The van der Waals surface area contributed by atoms with Crippen LogP contribution < -0.4 is 11.3 Å². The highest BCUT2D eigenvalue weighted by Crippen LogP contribution is 2.12. The molecule has 1 atom stereocenters. The van der Waals surface area contributed by atoms with Crippen molar-refractivity contribution in [1.29, 1.82) is 0 Å². The maximum atomic E-state index is 11.0. The molecule has 0 bridgehead atoms. The second-order valence-corrected chi connectivity index (χ2v) is 2.86. The van der Waals surface area contributed by atoms with Crippen LogP contribution in [0.4, 0.5) is 5.82 Å². The van der Waals surface area contributed by atoms with Crippen molar-refractivity contribution in [2.75, 3.05) is 5.73 Å². The van der Waals surface area contributed by atoms with E-state index in [-0.39, 0.29) is 17.3 Å². The molecule has 0 fully saturated rings. The molecule has 1 heterocycles. The van der Waals surface area contributed by atoms with Crippen LogP contribution >= 0.6 is 0 Å². The number of hydrogen-bond donors (Lipinski definition) is 2. The van der Waals surface area contributed by atoms with Gasteiger partial charge in [-0.3, -0.25) is 4.79 Å². The Kier molecular flexibility index (Phi) is 2.47. The fraction of sp³-hybridized carbons (Fsp3) is 0.500. The van der Waals surface area contributed by atoms with Crippen molar-refractivity contribution in [2.24, 2.45) is 0 Å². The fourth-order valence-corrected chi connectivity index (χ4v) is 0.923. The van der Waals surface area contributed by atoms with Gasteiger partial charge in [-0.2, -0.15) is 0 Å². The van der Waals surface area contributed by atoms with Crippen LogP contribution in [0.1, 0.15) is 32.0 Å². The van der Waals surface area contributed by atoms with E-state index in [2.05, 4.69) is 9.97 Å². The van der Waals surface area contributed by atoms with Gasteiger partial charge in [0, 0.05) is 12.0 Å². The zero-order chi connectivity index (χ0) is 9.14. The average molecular weight is 167 g/mol. The Bertz CT molecular complexity index is 318. The van der Waals surface area contributed by atoms with Gasteiger partial charge in [0.1, 0.15) is 11.6 Å². The maximum absolute atomic E-state index is 11.0. The first-order chi connectivity index (χ1) is 5.63. The lowest BCUT2D eigenvalue weighted by molar-refractivity contribution is 0.676. The zero-order valence-corrected chi connectivity index (χ0v) is 7.29. The topological polar surface area (TPSA) is 71.8 Å². The molecule has 0 aliphatic heterocycles. The molecule has 66 valence electrons. The number of nitrogens with zero attached hydrogens (tertiary/aromatic N) is 1. The summed E-state index contributed by atoms with van der Waals surface area (Å²) in [4.78, 5) is 17.6. The highest BCUT2D eigenvalue weighted by molar-refractivity contribution is 5.25. The summed E-state index contributed by atoms with van der Waals surface area (Å²) in [5, 5.41) is 0. The van der Waals surface area contributed by atoms with Crippen LogP contribution in [-0.2, 0) is 0 Å². The molecule has 0 saturated heterocycles. The highest BCUT2D eigenvalue weighted by Gasteiger charge is 2.05. The van der Waals surface area contributed by atoms with Gasteiger partial charge in [-0.15, -0.1) is 0 Å². The van der Waals surface area contributed by atoms with Crippen LogP contribution in [0.25, 0.3) is 0 Å². The minimum atomic E-state index is -0.183. The van der Waals surface area contributed by atoms with E-state index in [1.165, 1.54) is 6.07 Å². The SMILES string of the molecule is CCC(C)c1nc(N)cc(=O)[nH]1. The van der Waals surface area contributed by atoms with E-state index < -0.39 is 0 Å². The summed E-state index contributed by atoms with van der Waals surface area (Å²) in [6.07, 6.45) is 0.937. The first-order valence-corrected chi connectivity index (χ1v) is 4.00. The van der Waals surface area contributed by atoms with Gasteiger partial charge in [0.15, 0.2) is 0 Å². The number of nitrogens with one attached hydrogen (secondary N) is 1. The van der Waals surface area contributed by atoms with Gasteiger partial charge < -0.3 is 10.7 Å². The molecule has 1 rings (SSSR count). The first kappa shape index (κ1) is 8.77. The zero-order valence-electron chi connectivity index (χ0n) is 7.29. The van der Waals surface area contributed by atoms with Gasteiger partial charge >= 0.3 is 0 Å².